The number of nitrogens with zero attached hydrogens (tertiary/aromatic N) is 1. The molecule has 14 heavy (non-hydrogen) atoms. The number of Topliss-reactive ketones (excluding diaryl/α,β-unsaturated/α-hetero) is 1. The maximum absolute atomic E-state index is 11.7. The minimum absolute atomic E-state index is 0.117. The minimum Gasteiger partial charge on any atom is -0.292 e. The maximum atomic E-state index is 11.7. The summed E-state index contributed by atoms with van der Waals surface area (Å²) in [5.41, 5.74) is 0.549. The van der Waals surface area contributed by atoms with E-state index in [-0.39, 0.29) is 5.78 Å². The number of hydrogen-bond acceptors (Lipinski definition) is 2. The molecule has 0 bridgehead atoms. The van der Waals surface area contributed by atoms with Crippen molar-refractivity contribution in [3.8, 4) is 0 Å². The van der Waals surface area contributed by atoms with E-state index in [1.807, 2.05) is 12.1 Å². The van der Waals surface area contributed by atoms with Crippen molar-refractivity contribution in [2.75, 3.05) is 0 Å². The Kier molecular flexibility index (Phi) is 4.26. The standard InChI is InChI=1S/C11H14BrNO/c1-8(2)5-6-10(14)11-9(12)4-3-7-13-11/h3-4,7-8H,5-6H2,1-2H3. The monoisotopic (exact) mass is 255 g/mol. The number of hydrogen-bond donors (Lipinski definition) is 0. The zero-order chi connectivity index (χ0) is 10.6. The molecule has 0 amide bonds. The molecule has 1 rings (SSSR count). The van der Waals surface area contributed by atoms with Gasteiger partial charge in [-0.05, 0) is 40.4 Å². The van der Waals surface area contributed by atoms with Crippen molar-refractivity contribution in [1.29, 1.82) is 0 Å². The van der Waals surface area contributed by atoms with Gasteiger partial charge in [-0.15, -0.1) is 0 Å². The predicted octanol–water partition coefficient (Wildman–Crippen LogP) is 3.46. The van der Waals surface area contributed by atoms with Crippen LogP contribution in [0.5, 0.6) is 0 Å². The van der Waals surface area contributed by atoms with Crippen LogP contribution in [-0.2, 0) is 0 Å². The van der Waals surface area contributed by atoms with Gasteiger partial charge in [-0.3, -0.25) is 9.78 Å². The molecule has 1 aromatic rings. The van der Waals surface area contributed by atoms with Gasteiger partial charge in [0.05, 0.1) is 0 Å². The van der Waals surface area contributed by atoms with Crippen LogP contribution in [-0.4, -0.2) is 10.8 Å². The normalized spacial score (nSPS) is 10.6. The van der Waals surface area contributed by atoms with E-state index in [9.17, 15) is 4.79 Å². The smallest absolute Gasteiger partial charge is 0.182 e. The summed E-state index contributed by atoms with van der Waals surface area (Å²) in [5.74, 6) is 0.674. The van der Waals surface area contributed by atoms with Crippen LogP contribution in [0.15, 0.2) is 22.8 Å². The number of rotatable bonds is 4. The first-order chi connectivity index (χ1) is 6.61. The van der Waals surface area contributed by atoms with Crippen LogP contribution >= 0.6 is 15.9 Å². The van der Waals surface area contributed by atoms with Gasteiger partial charge in [0.25, 0.3) is 0 Å². The Morgan fingerprint density at radius 2 is 2.29 bits per heavy atom. The van der Waals surface area contributed by atoms with Gasteiger partial charge in [0.15, 0.2) is 5.78 Å². The van der Waals surface area contributed by atoms with Crippen LogP contribution < -0.4 is 0 Å². The van der Waals surface area contributed by atoms with Crippen LogP contribution in [0.3, 0.4) is 0 Å². The molecular formula is C11H14BrNO. The van der Waals surface area contributed by atoms with Crippen molar-refractivity contribution in [2.45, 2.75) is 26.7 Å². The van der Waals surface area contributed by atoms with Gasteiger partial charge >= 0.3 is 0 Å². The van der Waals surface area contributed by atoms with Crippen LogP contribution in [0.2, 0.25) is 0 Å². The van der Waals surface area contributed by atoms with Gasteiger partial charge < -0.3 is 0 Å². The highest BCUT2D eigenvalue weighted by atomic mass is 79.9. The summed E-state index contributed by atoms with van der Waals surface area (Å²) < 4.78 is 0.786. The Labute approximate surface area is 92.9 Å². The van der Waals surface area contributed by atoms with E-state index in [4.69, 9.17) is 0 Å². The molecular weight excluding hydrogens is 242 g/mol. The lowest BCUT2D eigenvalue weighted by atomic mass is 10.0. The fraction of sp³-hybridized carbons (Fsp3) is 0.455. The number of carbonyl (C=O) groups is 1. The van der Waals surface area contributed by atoms with Crippen LogP contribution in [0.25, 0.3) is 0 Å². The largest absolute Gasteiger partial charge is 0.292 e. The Morgan fingerprint density at radius 1 is 1.57 bits per heavy atom. The topological polar surface area (TPSA) is 30.0 Å². The average molecular weight is 256 g/mol. The second-order valence-electron chi connectivity index (χ2n) is 3.69. The third-order valence-electron chi connectivity index (χ3n) is 1.97. The van der Waals surface area contributed by atoms with E-state index in [1.165, 1.54) is 0 Å². The number of ketones is 1. The fourth-order valence-corrected chi connectivity index (χ4v) is 1.61. The number of halogens is 1. The highest BCUT2D eigenvalue weighted by molar-refractivity contribution is 9.10. The summed E-state index contributed by atoms with van der Waals surface area (Å²) in [6, 6.07) is 3.65. The van der Waals surface area contributed by atoms with Crippen LogP contribution in [0, 0.1) is 5.92 Å². The van der Waals surface area contributed by atoms with Crippen molar-refractivity contribution in [2.24, 2.45) is 5.92 Å². The van der Waals surface area contributed by atoms with E-state index in [0.29, 0.717) is 18.0 Å². The molecule has 0 saturated heterocycles. The third-order valence-corrected chi connectivity index (χ3v) is 2.61. The first-order valence-electron chi connectivity index (χ1n) is 4.75. The second-order valence-corrected chi connectivity index (χ2v) is 4.54. The summed E-state index contributed by atoms with van der Waals surface area (Å²) >= 11 is 3.32. The first kappa shape index (κ1) is 11.4. The minimum atomic E-state index is 0.117. The molecule has 0 aliphatic rings. The van der Waals surface area contributed by atoms with Gasteiger partial charge in [0.2, 0.25) is 0 Å². The Balaban J connectivity index is 2.65. The zero-order valence-corrected chi connectivity index (χ0v) is 10.0. The molecule has 0 aliphatic heterocycles. The van der Waals surface area contributed by atoms with Crippen molar-refractivity contribution >= 4 is 21.7 Å². The second kappa shape index (κ2) is 5.25. The SMILES string of the molecule is CC(C)CCC(=O)c1ncccc1Br. The molecule has 1 aromatic heterocycles. The van der Waals surface area contributed by atoms with E-state index < -0.39 is 0 Å². The van der Waals surface area contributed by atoms with E-state index in [2.05, 4.69) is 34.8 Å². The number of aromatic nitrogens is 1. The molecule has 0 aliphatic carbocycles. The molecule has 0 radical (unpaired) electrons. The first-order valence-corrected chi connectivity index (χ1v) is 5.54. The summed E-state index contributed by atoms with van der Waals surface area (Å²) in [6.07, 6.45) is 3.14. The lowest BCUT2D eigenvalue weighted by Crippen LogP contribution is -2.04. The molecule has 0 aromatic carbocycles. The maximum Gasteiger partial charge on any atom is 0.182 e. The molecule has 0 N–H and O–H groups in total. The summed E-state index contributed by atoms with van der Waals surface area (Å²) in [6.45, 7) is 4.22. The van der Waals surface area contributed by atoms with E-state index in [1.54, 1.807) is 6.20 Å². The molecule has 0 saturated carbocycles. The molecule has 3 heteroatoms. The van der Waals surface area contributed by atoms with Crippen molar-refractivity contribution < 1.29 is 4.79 Å². The third kappa shape index (κ3) is 3.22. The van der Waals surface area contributed by atoms with Crippen LogP contribution in [0.1, 0.15) is 37.2 Å². The molecule has 0 atom stereocenters. The van der Waals surface area contributed by atoms with Gasteiger partial charge in [0, 0.05) is 17.1 Å². The highest BCUT2D eigenvalue weighted by Gasteiger charge is 2.11. The Hall–Kier alpha value is -0.700. The predicted molar refractivity (Wildman–Crippen MR) is 60.3 cm³/mol. The molecule has 1 heterocycles. The van der Waals surface area contributed by atoms with Crippen LogP contribution in [0.4, 0.5) is 0 Å². The van der Waals surface area contributed by atoms with Gasteiger partial charge in [-0.25, -0.2) is 0 Å². The lowest BCUT2D eigenvalue weighted by molar-refractivity contribution is 0.0970. The van der Waals surface area contributed by atoms with Crippen molar-refractivity contribution in [3.63, 3.8) is 0 Å². The summed E-state index contributed by atoms with van der Waals surface area (Å²) in [5, 5.41) is 0. The average Bonchev–Trinajstić information content (AvgIpc) is 2.15. The number of pyridine rings is 1. The molecule has 2 nitrogen and oxygen atoms in total. The quantitative estimate of drug-likeness (QED) is 0.772. The summed E-state index contributed by atoms with van der Waals surface area (Å²) in [4.78, 5) is 15.7. The van der Waals surface area contributed by atoms with E-state index in [0.717, 1.165) is 10.9 Å². The van der Waals surface area contributed by atoms with E-state index >= 15 is 0 Å². The Morgan fingerprint density at radius 3 is 2.86 bits per heavy atom. The zero-order valence-electron chi connectivity index (χ0n) is 8.46. The Bertz CT molecular complexity index is 323. The fourth-order valence-electron chi connectivity index (χ4n) is 1.13. The van der Waals surface area contributed by atoms with Gasteiger partial charge in [-0.2, -0.15) is 0 Å². The van der Waals surface area contributed by atoms with Crippen molar-refractivity contribution in [1.82, 2.24) is 4.98 Å². The molecule has 0 spiro atoms. The molecule has 0 unspecified atom stereocenters. The van der Waals surface area contributed by atoms with Gasteiger partial charge in [0.1, 0.15) is 5.69 Å². The lowest BCUT2D eigenvalue weighted by Gasteiger charge is -2.04. The van der Waals surface area contributed by atoms with Crippen molar-refractivity contribution in [3.05, 3.63) is 28.5 Å². The molecule has 0 fully saturated rings. The molecule has 76 valence electrons. The highest BCUT2D eigenvalue weighted by Crippen LogP contribution is 2.16. The number of carbonyl (C=O) groups excluding carboxylic acids is 1. The van der Waals surface area contributed by atoms with Gasteiger partial charge in [-0.1, -0.05) is 13.8 Å². The summed E-state index contributed by atoms with van der Waals surface area (Å²) in [7, 11) is 0.